The third-order valence-electron chi connectivity index (χ3n) is 6.61. The van der Waals surface area contributed by atoms with Crippen LogP contribution in [0.3, 0.4) is 0 Å². The smallest absolute Gasteiger partial charge is 0.251 e. The number of rotatable bonds is 9. The molecule has 0 radical (unpaired) electrons. The van der Waals surface area contributed by atoms with Crippen LogP contribution < -0.4 is 10.1 Å². The first-order chi connectivity index (χ1) is 17.2. The summed E-state index contributed by atoms with van der Waals surface area (Å²) in [5.41, 5.74) is 0.774. The molecule has 10 nitrogen and oxygen atoms in total. The lowest BCUT2D eigenvalue weighted by atomic mass is 10.1. The maximum Gasteiger partial charge on any atom is 0.251 e. The van der Waals surface area contributed by atoms with Crippen molar-refractivity contribution < 1.29 is 27.5 Å². The largest absolute Gasteiger partial charge is 0.497 e. The predicted octanol–water partition coefficient (Wildman–Crippen LogP) is 1.37. The molecule has 3 atom stereocenters. The van der Waals surface area contributed by atoms with Crippen LogP contribution >= 0.6 is 0 Å². The average molecular weight is 515 g/mol. The molecule has 0 saturated carbocycles. The maximum absolute atomic E-state index is 13.5. The summed E-state index contributed by atoms with van der Waals surface area (Å²) in [6.07, 6.45) is 2.91. The highest BCUT2D eigenvalue weighted by molar-refractivity contribution is 7.88. The summed E-state index contributed by atoms with van der Waals surface area (Å²) in [5.74, 6) is -0.791. The summed E-state index contributed by atoms with van der Waals surface area (Å²) >= 11 is 0. The minimum Gasteiger partial charge on any atom is -0.497 e. The molecule has 1 aromatic carbocycles. The monoisotopic (exact) mass is 514 g/mol. The highest BCUT2D eigenvalue weighted by Gasteiger charge is 2.54. The molecule has 36 heavy (non-hydrogen) atoms. The first-order valence-corrected chi connectivity index (χ1v) is 13.5. The fourth-order valence-electron chi connectivity index (χ4n) is 4.87. The van der Waals surface area contributed by atoms with E-state index in [0.29, 0.717) is 36.3 Å². The van der Waals surface area contributed by atoms with E-state index in [9.17, 15) is 22.8 Å². The Kier molecular flexibility index (Phi) is 7.70. The molecule has 1 aromatic heterocycles. The molecule has 0 aliphatic carbocycles. The lowest BCUT2D eigenvalue weighted by Crippen LogP contribution is -2.52. The lowest BCUT2D eigenvalue weighted by molar-refractivity contribution is -0.138. The Hall–Kier alpha value is -3.31. The molecular formula is C25H30N4O6S. The third-order valence-corrected chi connectivity index (χ3v) is 8.38. The summed E-state index contributed by atoms with van der Waals surface area (Å²) in [6.45, 7) is 1.87. The highest BCUT2D eigenvalue weighted by atomic mass is 32.2. The zero-order valence-corrected chi connectivity index (χ0v) is 21.1. The van der Waals surface area contributed by atoms with Gasteiger partial charge >= 0.3 is 0 Å². The Morgan fingerprint density at radius 1 is 1.19 bits per heavy atom. The minimum atomic E-state index is -3.81. The Bertz CT molecular complexity index is 1220. The molecule has 0 bridgehead atoms. The standard InChI is InChI=1S/C25H30N4O6S/c1-3-6-20(27-24(31)17-8-10-19(35-2)11-9-17)25(32)28-14-12-21-23(28)22(30)15-29(21)36(33,34)16-18-7-4-5-13-26-18/h4-5,7-11,13,20-21,23H,3,6,12,14-16H2,1-2H3,(H,27,31). The zero-order chi connectivity index (χ0) is 25.9. The van der Waals surface area contributed by atoms with Gasteiger partial charge in [0, 0.05) is 18.3 Å². The van der Waals surface area contributed by atoms with E-state index >= 15 is 0 Å². The number of amides is 2. The summed E-state index contributed by atoms with van der Waals surface area (Å²) in [6, 6.07) is 9.28. The second-order valence-electron chi connectivity index (χ2n) is 8.96. The quantitative estimate of drug-likeness (QED) is 0.536. The molecule has 11 heteroatoms. The molecule has 3 heterocycles. The van der Waals surface area contributed by atoms with Gasteiger partial charge in [0.05, 0.1) is 25.4 Å². The Labute approximate surface area is 210 Å². The summed E-state index contributed by atoms with van der Waals surface area (Å²) in [5, 5.41) is 2.79. The van der Waals surface area contributed by atoms with Crippen LogP contribution in [0.15, 0.2) is 48.7 Å². The number of carbonyl (C=O) groups is 3. The van der Waals surface area contributed by atoms with E-state index in [4.69, 9.17) is 4.74 Å². The van der Waals surface area contributed by atoms with E-state index in [1.807, 2.05) is 6.92 Å². The van der Waals surface area contributed by atoms with Crippen LogP contribution in [0.4, 0.5) is 0 Å². The molecule has 192 valence electrons. The molecule has 1 N–H and O–H groups in total. The highest BCUT2D eigenvalue weighted by Crippen LogP contribution is 2.33. The number of ketones is 1. The number of aromatic nitrogens is 1. The summed E-state index contributed by atoms with van der Waals surface area (Å²) in [4.78, 5) is 44.8. The first kappa shape index (κ1) is 25.8. The van der Waals surface area contributed by atoms with Gasteiger partial charge < -0.3 is 15.0 Å². The number of nitrogens with zero attached hydrogens (tertiary/aromatic N) is 3. The van der Waals surface area contributed by atoms with Gasteiger partial charge in [-0.3, -0.25) is 19.4 Å². The molecular weight excluding hydrogens is 484 g/mol. The van der Waals surface area contributed by atoms with Gasteiger partial charge in [-0.15, -0.1) is 0 Å². The van der Waals surface area contributed by atoms with Crippen LogP contribution in [0.5, 0.6) is 5.75 Å². The van der Waals surface area contributed by atoms with E-state index in [2.05, 4.69) is 10.3 Å². The summed E-state index contributed by atoms with van der Waals surface area (Å²) in [7, 11) is -2.28. The molecule has 2 aliphatic heterocycles. The van der Waals surface area contributed by atoms with Crippen molar-refractivity contribution in [1.82, 2.24) is 19.5 Å². The van der Waals surface area contributed by atoms with Crippen molar-refractivity contribution in [2.75, 3.05) is 20.2 Å². The molecule has 2 saturated heterocycles. The number of carbonyl (C=O) groups excluding carboxylic acids is 3. The molecule has 4 rings (SSSR count). The van der Waals surface area contributed by atoms with Crippen molar-refractivity contribution in [2.24, 2.45) is 0 Å². The van der Waals surface area contributed by atoms with Crippen LogP contribution in [0, 0.1) is 0 Å². The number of sulfonamides is 1. The number of ether oxygens (including phenoxy) is 1. The van der Waals surface area contributed by atoms with Crippen LogP contribution in [0.2, 0.25) is 0 Å². The summed E-state index contributed by atoms with van der Waals surface area (Å²) < 4.78 is 32.6. The van der Waals surface area contributed by atoms with Crippen molar-refractivity contribution in [3.8, 4) is 5.75 Å². The number of hydrogen-bond donors (Lipinski definition) is 1. The van der Waals surface area contributed by atoms with Gasteiger partial charge in [0.2, 0.25) is 15.9 Å². The molecule has 2 aliphatic rings. The Balaban J connectivity index is 1.48. The fourth-order valence-corrected chi connectivity index (χ4v) is 6.53. The normalized spacial score (nSPS) is 20.7. The van der Waals surface area contributed by atoms with E-state index in [0.717, 1.165) is 0 Å². The first-order valence-electron chi connectivity index (χ1n) is 11.9. The number of fused-ring (bicyclic) bond motifs is 1. The van der Waals surface area contributed by atoms with Gasteiger partial charge in [0.15, 0.2) is 5.78 Å². The van der Waals surface area contributed by atoms with Gasteiger partial charge in [0.1, 0.15) is 23.6 Å². The second-order valence-corrected chi connectivity index (χ2v) is 10.9. The Morgan fingerprint density at radius 3 is 2.58 bits per heavy atom. The van der Waals surface area contributed by atoms with Crippen LogP contribution in [-0.4, -0.2) is 78.5 Å². The third kappa shape index (κ3) is 5.26. The SMILES string of the molecule is CCCC(NC(=O)c1ccc(OC)cc1)C(=O)N1CCC2C1C(=O)CN2S(=O)(=O)Cc1ccccn1. The maximum atomic E-state index is 13.5. The number of pyridine rings is 1. The van der Waals surface area contributed by atoms with Crippen molar-refractivity contribution in [3.05, 3.63) is 59.9 Å². The van der Waals surface area contributed by atoms with Gasteiger partial charge in [-0.2, -0.15) is 4.31 Å². The molecule has 0 spiro atoms. The second kappa shape index (κ2) is 10.8. The van der Waals surface area contributed by atoms with Crippen molar-refractivity contribution >= 4 is 27.6 Å². The number of likely N-dealkylation sites (tertiary alicyclic amines) is 1. The Morgan fingerprint density at radius 2 is 1.94 bits per heavy atom. The van der Waals surface area contributed by atoms with Gasteiger partial charge in [-0.05, 0) is 49.2 Å². The van der Waals surface area contributed by atoms with E-state index in [-0.39, 0.29) is 30.5 Å². The van der Waals surface area contributed by atoms with E-state index in [1.165, 1.54) is 22.5 Å². The molecule has 2 aromatic rings. The van der Waals surface area contributed by atoms with Crippen molar-refractivity contribution in [2.45, 2.75) is 50.1 Å². The van der Waals surface area contributed by atoms with Crippen LogP contribution in [-0.2, 0) is 25.4 Å². The number of nitrogens with one attached hydrogen (secondary N) is 1. The number of hydrogen-bond acceptors (Lipinski definition) is 7. The number of methoxy groups -OCH3 is 1. The topological polar surface area (TPSA) is 126 Å². The average Bonchev–Trinajstić information content (AvgIpc) is 3.45. The predicted molar refractivity (Wildman–Crippen MR) is 132 cm³/mol. The lowest BCUT2D eigenvalue weighted by Gasteiger charge is -2.28. The van der Waals surface area contributed by atoms with Crippen LogP contribution in [0.25, 0.3) is 0 Å². The number of Topliss-reactive ketones (excluding diaryl/α,β-unsaturated/α-hetero) is 1. The van der Waals surface area contributed by atoms with E-state index < -0.39 is 34.1 Å². The zero-order valence-electron chi connectivity index (χ0n) is 20.3. The molecule has 2 amide bonds. The van der Waals surface area contributed by atoms with Gasteiger partial charge in [0.25, 0.3) is 5.91 Å². The van der Waals surface area contributed by atoms with Gasteiger partial charge in [-0.25, -0.2) is 8.42 Å². The molecule has 2 fully saturated rings. The molecule has 3 unspecified atom stereocenters. The number of benzene rings is 1. The minimum absolute atomic E-state index is 0.244. The van der Waals surface area contributed by atoms with Crippen molar-refractivity contribution in [1.29, 1.82) is 0 Å². The van der Waals surface area contributed by atoms with Gasteiger partial charge in [-0.1, -0.05) is 19.4 Å². The van der Waals surface area contributed by atoms with Crippen molar-refractivity contribution in [3.63, 3.8) is 0 Å². The fraction of sp³-hybridized carbons (Fsp3) is 0.440. The van der Waals surface area contributed by atoms with Crippen LogP contribution in [0.1, 0.15) is 42.2 Å². The van der Waals surface area contributed by atoms with E-state index in [1.54, 1.807) is 42.5 Å².